The number of carbonyl (C=O) groups is 1. The van der Waals surface area contributed by atoms with Gasteiger partial charge in [0.05, 0.1) is 12.8 Å². The van der Waals surface area contributed by atoms with E-state index in [0.29, 0.717) is 11.3 Å². The first-order valence-corrected chi connectivity index (χ1v) is 9.02. The number of halogens is 3. The number of ether oxygens (including phenoxy) is 2. The van der Waals surface area contributed by atoms with Crippen LogP contribution < -0.4 is 15.0 Å². The van der Waals surface area contributed by atoms with E-state index in [1.165, 1.54) is 67.6 Å². The Kier molecular flexibility index (Phi) is 6.58. The van der Waals surface area contributed by atoms with Crippen molar-refractivity contribution in [3.63, 3.8) is 0 Å². The van der Waals surface area contributed by atoms with Crippen molar-refractivity contribution in [1.82, 2.24) is 14.7 Å². The molecule has 0 aliphatic carbocycles. The minimum atomic E-state index is -3.03. The average molecular weight is 433 g/mol. The molecule has 0 saturated carbocycles. The molecule has 3 rings (SSSR count). The van der Waals surface area contributed by atoms with Crippen molar-refractivity contribution in [3.05, 3.63) is 82.0 Å². The van der Waals surface area contributed by atoms with Gasteiger partial charge in [-0.2, -0.15) is 18.6 Å². The molecule has 7 nitrogen and oxygen atoms in total. The van der Waals surface area contributed by atoms with Gasteiger partial charge in [0.15, 0.2) is 11.5 Å². The number of aromatic nitrogens is 2. The van der Waals surface area contributed by atoms with Gasteiger partial charge >= 0.3 is 6.61 Å². The number of rotatable bonds is 7. The van der Waals surface area contributed by atoms with Crippen LogP contribution in [-0.4, -0.2) is 41.4 Å². The third-order valence-corrected chi connectivity index (χ3v) is 4.30. The molecule has 0 aliphatic heterocycles. The average Bonchev–Trinajstić information content (AvgIpc) is 2.74. The molecule has 31 heavy (non-hydrogen) atoms. The van der Waals surface area contributed by atoms with E-state index in [2.05, 4.69) is 9.84 Å². The molecule has 10 heteroatoms. The predicted octanol–water partition coefficient (Wildman–Crippen LogP) is 3.25. The van der Waals surface area contributed by atoms with Crippen LogP contribution in [0.3, 0.4) is 0 Å². The Morgan fingerprint density at radius 1 is 1.10 bits per heavy atom. The SMILES string of the molecule is COc1ccc(CN(C)C(=O)c2ccc(=O)n(-c3ccc(F)cc3)n2)cc1OC(F)F. The first kappa shape index (κ1) is 21.9. The lowest BCUT2D eigenvalue weighted by atomic mass is 10.2. The molecular formula is C21H18F3N3O4. The highest BCUT2D eigenvalue weighted by atomic mass is 19.3. The van der Waals surface area contributed by atoms with Gasteiger partial charge in [-0.25, -0.2) is 4.39 Å². The highest BCUT2D eigenvalue weighted by molar-refractivity contribution is 5.91. The van der Waals surface area contributed by atoms with Gasteiger partial charge < -0.3 is 14.4 Å². The van der Waals surface area contributed by atoms with Gasteiger partial charge in [-0.1, -0.05) is 6.07 Å². The van der Waals surface area contributed by atoms with Gasteiger partial charge in [-0.05, 0) is 48.0 Å². The first-order chi connectivity index (χ1) is 14.8. The van der Waals surface area contributed by atoms with Crippen LogP contribution in [0.15, 0.2) is 59.4 Å². The molecule has 0 atom stereocenters. The Morgan fingerprint density at radius 2 is 1.81 bits per heavy atom. The standard InChI is InChI=1S/C21H18F3N3O4/c1-26(12-13-3-9-17(30-2)18(11-13)31-21(23)24)20(29)16-8-10-19(28)27(25-16)15-6-4-14(22)5-7-15/h3-11,21H,12H2,1-2H3. The van der Waals surface area contributed by atoms with Crippen LogP contribution in [0.2, 0.25) is 0 Å². The monoisotopic (exact) mass is 433 g/mol. The van der Waals surface area contributed by atoms with Crippen molar-refractivity contribution in [2.45, 2.75) is 13.2 Å². The number of amides is 1. The molecule has 1 heterocycles. The van der Waals surface area contributed by atoms with Crippen LogP contribution in [-0.2, 0) is 6.54 Å². The van der Waals surface area contributed by atoms with Crippen LogP contribution in [0.25, 0.3) is 5.69 Å². The van der Waals surface area contributed by atoms with Gasteiger partial charge in [0.1, 0.15) is 11.5 Å². The summed E-state index contributed by atoms with van der Waals surface area (Å²) in [7, 11) is 2.82. The molecule has 0 N–H and O–H groups in total. The molecule has 0 spiro atoms. The predicted molar refractivity (Wildman–Crippen MR) is 105 cm³/mol. The van der Waals surface area contributed by atoms with Crippen molar-refractivity contribution in [3.8, 4) is 17.2 Å². The fourth-order valence-electron chi connectivity index (χ4n) is 2.84. The molecule has 0 aliphatic rings. The number of benzene rings is 2. The fraction of sp³-hybridized carbons (Fsp3) is 0.190. The summed E-state index contributed by atoms with van der Waals surface area (Å²) >= 11 is 0. The zero-order valence-corrected chi connectivity index (χ0v) is 16.6. The number of methoxy groups -OCH3 is 1. The Balaban J connectivity index is 1.83. The minimum Gasteiger partial charge on any atom is -0.493 e. The molecular weight excluding hydrogens is 415 g/mol. The molecule has 3 aromatic rings. The molecule has 1 amide bonds. The largest absolute Gasteiger partial charge is 0.493 e. The molecule has 2 aromatic carbocycles. The van der Waals surface area contributed by atoms with Gasteiger partial charge in [0.25, 0.3) is 11.5 Å². The topological polar surface area (TPSA) is 73.7 Å². The number of hydrogen-bond acceptors (Lipinski definition) is 5. The molecule has 162 valence electrons. The van der Waals surface area contributed by atoms with Crippen LogP contribution in [0.1, 0.15) is 16.1 Å². The third-order valence-electron chi connectivity index (χ3n) is 4.30. The summed E-state index contributed by atoms with van der Waals surface area (Å²) in [4.78, 5) is 26.2. The van der Waals surface area contributed by atoms with E-state index >= 15 is 0 Å². The smallest absolute Gasteiger partial charge is 0.387 e. The Bertz CT molecular complexity index is 1130. The van der Waals surface area contributed by atoms with E-state index in [0.717, 1.165) is 4.68 Å². The maximum Gasteiger partial charge on any atom is 0.387 e. The zero-order chi connectivity index (χ0) is 22.5. The van der Waals surface area contributed by atoms with E-state index in [4.69, 9.17) is 4.74 Å². The van der Waals surface area contributed by atoms with Crippen molar-refractivity contribution in [2.24, 2.45) is 0 Å². The summed E-state index contributed by atoms with van der Waals surface area (Å²) in [5.41, 5.74) is 0.297. The summed E-state index contributed by atoms with van der Waals surface area (Å²) in [6, 6.07) is 11.9. The quantitative estimate of drug-likeness (QED) is 0.572. The van der Waals surface area contributed by atoms with Gasteiger partial charge in [-0.15, -0.1) is 0 Å². The van der Waals surface area contributed by atoms with E-state index in [1.807, 2.05) is 0 Å². The van der Waals surface area contributed by atoms with Crippen LogP contribution in [0, 0.1) is 5.82 Å². The summed E-state index contributed by atoms with van der Waals surface area (Å²) in [6.07, 6.45) is 0. The second-order valence-electron chi connectivity index (χ2n) is 6.47. The highest BCUT2D eigenvalue weighted by Gasteiger charge is 2.17. The summed E-state index contributed by atoms with van der Waals surface area (Å²) < 4.78 is 48.8. The van der Waals surface area contributed by atoms with Gasteiger partial charge in [0, 0.05) is 19.7 Å². The van der Waals surface area contributed by atoms with E-state index in [9.17, 15) is 22.8 Å². The summed E-state index contributed by atoms with van der Waals surface area (Å²) in [6.45, 7) is -2.97. The summed E-state index contributed by atoms with van der Waals surface area (Å²) in [5.74, 6) is -1.01. The second kappa shape index (κ2) is 9.33. The minimum absolute atomic E-state index is 0.0241. The summed E-state index contributed by atoms with van der Waals surface area (Å²) in [5, 5.41) is 4.07. The maximum absolute atomic E-state index is 13.1. The van der Waals surface area contributed by atoms with Crippen molar-refractivity contribution < 1.29 is 27.4 Å². The Morgan fingerprint density at radius 3 is 2.45 bits per heavy atom. The second-order valence-corrected chi connectivity index (χ2v) is 6.47. The Labute approximate surface area is 175 Å². The van der Waals surface area contributed by atoms with Gasteiger partial charge in [0.2, 0.25) is 0 Å². The molecule has 0 fully saturated rings. The fourth-order valence-corrected chi connectivity index (χ4v) is 2.84. The molecule has 0 unspecified atom stereocenters. The zero-order valence-electron chi connectivity index (χ0n) is 16.6. The normalized spacial score (nSPS) is 10.8. The number of alkyl halides is 2. The van der Waals surface area contributed by atoms with Crippen LogP contribution in [0.5, 0.6) is 11.5 Å². The van der Waals surface area contributed by atoms with E-state index in [-0.39, 0.29) is 23.7 Å². The number of carbonyl (C=O) groups excluding carboxylic acids is 1. The first-order valence-electron chi connectivity index (χ1n) is 9.02. The van der Waals surface area contributed by atoms with Crippen LogP contribution in [0.4, 0.5) is 13.2 Å². The lowest BCUT2D eigenvalue weighted by Gasteiger charge is -2.18. The van der Waals surface area contributed by atoms with Crippen molar-refractivity contribution >= 4 is 5.91 Å². The highest BCUT2D eigenvalue weighted by Crippen LogP contribution is 2.30. The van der Waals surface area contributed by atoms with Crippen molar-refractivity contribution in [2.75, 3.05) is 14.2 Å². The van der Waals surface area contributed by atoms with Gasteiger partial charge in [-0.3, -0.25) is 9.59 Å². The number of nitrogens with zero attached hydrogens (tertiary/aromatic N) is 3. The molecule has 0 bridgehead atoms. The van der Waals surface area contributed by atoms with Crippen molar-refractivity contribution in [1.29, 1.82) is 0 Å². The van der Waals surface area contributed by atoms with E-state index in [1.54, 1.807) is 6.07 Å². The third kappa shape index (κ3) is 5.21. The lowest BCUT2D eigenvalue weighted by Crippen LogP contribution is -2.30. The van der Waals surface area contributed by atoms with E-state index < -0.39 is 23.9 Å². The van der Waals surface area contributed by atoms with Crippen LogP contribution >= 0.6 is 0 Å². The molecule has 0 radical (unpaired) electrons. The maximum atomic E-state index is 13.1. The molecule has 0 saturated heterocycles. The lowest BCUT2D eigenvalue weighted by molar-refractivity contribution is -0.0512. The molecule has 1 aromatic heterocycles. The number of hydrogen-bond donors (Lipinski definition) is 0. The Hall–Kier alpha value is -3.82.